The summed E-state index contributed by atoms with van der Waals surface area (Å²) in [6, 6.07) is 17.7. The van der Waals surface area contributed by atoms with Crippen molar-refractivity contribution < 1.29 is 13.2 Å². The van der Waals surface area contributed by atoms with Gasteiger partial charge in [0.05, 0.1) is 6.04 Å². The molecule has 0 bridgehead atoms. The summed E-state index contributed by atoms with van der Waals surface area (Å²) in [6.45, 7) is 1.80. The number of thioether (sulfide) groups is 1. The largest absolute Gasteiger partial charge is 0.447 e. The van der Waals surface area contributed by atoms with Gasteiger partial charge in [-0.05, 0) is 12.5 Å². The molecule has 1 atom stereocenters. The number of rotatable bonds is 4. The Bertz CT molecular complexity index is 801. The summed E-state index contributed by atoms with van der Waals surface area (Å²) in [7, 11) is 0. The van der Waals surface area contributed by atoms with Crippen LogP contribution in [0.4, 0.5) is 13.2 Å². The van der Waals surface area contributed by atoms with Crippen LogP contribution < -0.4 is 0 Å². The van der Waals surface area contributed by atoms with Crippen LogP contribution in [0.15, 0.2) is 65.7 Å². The van der Waals surface area contributed by atoms with Crippen molar-refractivity contribution in [2.24, 2.45) is 0 Å². The minimum absolute atomic E-state index is 0.00921. The van der Waals surface area contributed by atoms with E-state index in [4.69, 9.17) is 0 Å². The summed E-state index contributed by atoms with van der Waals surface area (Å²) in [5.74, 6) is 0. The van der Waals surface area contributed by atoms with Crippen LogP contribution in [-0.4, -0.2) is 20.5 Å². The second-order valence-corrected chi connectivity index (χ2v) is 6.24. The smallest absolute Gasteiger partial charge is 0.231 e. The van der Waals surface area contributed by atoms with Gasteiger partial charge < -0.3 is 0 Å². The SMILES string of the molecule is CC(c1ccccc1)n1nnc(-c2ccccc2)c1SC(F)(F)F. The van der Waals surface area contributed by atoms with Crippen molar-refractivity contribution in [2.45, 2.75) is 23.5 Å². The monoisotopic (exact) mass is 349 g/mol. The lowest BCUT2D eigenvalue weighted by Crippen LogP contribution is -2.12. The maximum atomic E-state index is 13.1. The summed E-state index contributed by atoms with van der Waals surface area (Å²) in [5.41, 5.74) is -2.71. The maximum absolute atomic E-state index is 13.1. The van der Waals surface area contributed by atoms with Crippen molar-refractivity contribution in [3.05, 3.63) is 66.2 Å². The first kappa shape index (κ1) is 16.6. The van der Waals surface area contributed by atoms with E-state index >= 15 is 0 Å². The molecule has 0 fully saturated rings. The van der Waals surface area contributed by atoms with Gasteiger partial charge in [-0.3, -0.25) is 0 Å². The molecule has 1 heterocycles. The van der Waals surface area contributed by atoms with Gasteiger partial charge in [-0.15, -0.1) is 5.10 Å². The van der Waals surface area contributed by atoms with Crippen molar-refractivity contribution in [2.75, 3.05) is 0 Å². The first-order chi connectivity index (χ1) is 11.5. The molecule has 3 aromatic rings. The third kappa shape index (κ3) is 3.62. The number of aromatic nitrogens is 3. The van der Waals surface area contributed by atoms with Gasteiger partial charge in [0, 0.05) is 17.3 Å². The van der Waals surface area contributed by atoms with Gasteiger partial charge in [-0.25, -0.2) is 4.68 Å². The van der Waals surface area contributed by atoms with E-state index in [0.29, 0.717) is 5.56 Å². The second-order valence-electron chi connectivity index (χ2n) is 5.19. The minimum atomic E-state index is -4.42. The van der Waals surface area contributed by atoms with Crippen LogP contribution in [0.25, 0.3) is 11.3 Å². The standard InChI is InChI=1S/C17H14F3N3S/c1-12(13-8-4-2-5-9-13)23-16(24-17(18,19)20)15(21-22-23)14-10-6-3-7-11-14/h2-12H,1H3. The Hall–Kier alpha value is -2.28. The highest BCUT2D eigenvalue weighted by Crippen LogP contribution is 2.42. The van der Waals surface area contributed by atoms with Gasteiger partial charge in [0.1, 0.15) is 10.7 Å². The van der Waals surface area contributed by atoms with Crippen LogP contribution >= 0.6 is 11.8 Å². The zero-order valence-corrected chi connectivity index (χ0v) is 13.6. The zero-order chi connectivity index (χ0) is 17.2. The van der Waals surface area contributed by atoms with Crippen molar-refractivity contribution in [1.82, 2.24) is 15.0 Å². The molecule has 3 rings (SSSR count). The molecular formula is C17H14F3N3S. The van der Waals surface area contributed by atoms with Crippen molar-refractivity contribution in [3.8, 4) is 11.3 Å². The highest BCUT2D eigenvalue weighted by molar-refractivity contribution is 8.00. The fraction of sp³-hybridized carbons (Fsp3) is 0.176. The molecule has 7 heteroatoms. The number of hydrogen-bond donors (Lipinski definition) is 0. The Morgan fingerprint density at radius 3 is 2.12 bits per heavy atom. The van der Waals surface area contributed by atoms with Crippen LogP contribution in [0.2, 0.25) is 0 Å². The summed E-state index contributed by atoms with van der Waals surface area (Å²) < 4.78 is 40.5. The molecule has 0 aliphatic carbocycles. The summed E-state index contributed by atoms with van der Waals surface area (Å²) >= 11 is -0.184. The Morgan fingerprint density at radius 1 is 0.958 bits per heavy atom. The quantitative estimate of drug-likeness (QED) is 0.609. The fourth-order valence-electron chi connectivity index (χ4n) is 2.39. The van der Waals surface area contributed by atoms with Crippen molar-refractivity contribution in [1.29, 1.82) is 0 Å². The molecule has 24 heavy (non-hydrogen) atoms. The number of hydrogen-bond acceptors (Lipinski definition) is 3. The van der Waals surface area contributed by atoms with E-state index in [1.807, 2.05) is 30.3 Å². The third-order valence-corrected chi connectivity index (χ3v) is 4.37. The van der Waals surface area contributed by atoms with E-state index in [1.165, 1.54) is 4.68 Å². The predicted octanol–water partition coefficient (Wildman–Crippen LogP) is 5.17. The zero-order valence-electron chi connectivity index (χ0n) is 12.7. The lowest BCUT2D eigenvalue weighted by Gasteiger charge is -2.16. The average Bonchev–Trinajstić information content (AvgIpc) is 2.97. The van der Waals surface area contributed by atoms with E-state index < -0.39 is 5.51 Å². The van der Waals surface area contributed by atoms with Crippen LogP contribution in [0, 0.1) is 0 Å². The van der Waals surface area contributed by atoms with Crippen LogP contribution in [0.5, 0.6) is 0 Å². The highest BCUT2D eigenvalue weighted by atomic mass is 32.2. The first-order valence-corrected chi connectivity index (χ1v) is 8.08. The second kappa shape index (κ2) is 6.68. The topological polar surface area (TPSA) is 30.7 Å². The van der Waals surface area contributed by atoms with Gasteiger partial charge >= 0.3 is 5.51 Å². The number of benzene rings is 2. The molecule has 124 valence electrons. The molecule has 0 saturated heterocycles. The number of halogens is 3. The van der Waals surface area contributed by atoms with E-state index in [1.54, 1.807) is 37.3 Å². The van der Waals surface area contributed by atoms with Gasteiger partial charge in [0.2, 0.25) is 0 Å². The van der Waals surface area contributed by atoms with Gasteiger partial charge in [0.25, 0.3) is 0 Å². The van der Waals surface area contributed by atoms with E-state index in [0.717, 1.165) is 5.56 Å². The Balaban J connectivity index is 2.08. The van der Waals surface area contributed by atoms with E-state index in [-0.39, 0.29) is 28.5 Å². The van der Waals surface area contributed by atoms with Gasteiger partial charge in [-0.2, -0.15) is 13.2 Å². The van der Waals surface area contributed by atoms with Crippen LogP contribution in [0.1, 0.15) is 18.5 Å². The molecule has 0 spiro atoms. The summed E-state index contributed by atoms with van der Waals surface area (Å²) in [6.07, 6.45) is 0. The van der Waals surface area contributed by atoms with Gasteiger partial charge in [0.15, 0.2) is 0 Å². The Kier molecular flexibility index (Phi) is 4.62. The molecule has 1 aromatic heterocycles. The lowest BCUT2D eigenvalue weighted by molar-refractivity contribution is -0.0331. The van der Waals surface area contributed by atoms with Crippen molar-refractivity contribution in [3.63, 3.8) is 0 Å². The molecule has 2 aromatic carbocycles. The summed E-state index contributed by atoms with van der Waals surface area (Å²) in [5, 5.41) is 8.00. The van der Waals surface area contributed by atoms with Crippen LogP contribution in [0.3, 0.4) is 0 Å². The maximum Gasteiger partial charge on any atom is 0.447 e. The average molecular weight is 349 g/mol. The predicted molar refractivity (Wildman–Crippen MR) is 87.6 cm³/mol. The Morgan fingerprint density at radius 2 is 1.54 bits per heavy atom. The molecule has 0 aliphatic rings. The van der Waals surface area contributed by atoms with Crippen molar-refractivity contribution >= 4 is 11.8 Å². The van der Waals surface area contributed by atoms with E-state index in [2.05, 4.69) is 10.3 Å². The summed E-state index contributed by atoms with van der Waals surface area (Å²) in [4.78, 5) is 0. The molecule has 0 amide bonds. The number of alkyl halides is 3. The minimum Gasteiger partial charge on any atom is -0.231 e. The molecule has 1 unspecified atom stereocenters. The third-order valence-electron chi connectivity index (χ3n) is 3.56. The molecule has 0 radical (unpaired) electrons. The molecule has 0 N–H and O–H groups in total. The number of nitrogens with zero attached hydrogens (tertiary/aromatic N) is 3. The Labute approximate surface area is 141 Å². The van der Waals surface area contributed by atoms with Gasteiger partial charge in [-0.1, -0.05) is 65.9 Å². The first-order valence-electron chi connectivity index (χ1n) is 7.27. The lowest BCUT2D eigenvalue weighted by atomic mass is 10.1. The molecule has 3 nitrogen and oxygen atoms in total. The van der Waals surface area contributed by atoms with E-state index in [9.17, 15) is 13.2 Å². The highest BCUT2D eigenvalue weighted by Gasteiger charge is 2.34. The molecular weight excluding hydrogens is 335 g/mol. The molecule has 0 saturated carbocycles. The molecule has 0 aliphatic heterocycles. The van der Waals surface area contributed by atoms with Crippen LogP contribution in [-0.2, 0) is 0 Å². The normalized spacial score (nSPS) is 13.0. The fourth-order valence-corrected chi connectivity index (χ4v) is 3.16.